The Labute approximate surface area is 135 Å². The van der Waals surface area contributed by atoms with Gasteiger partial charge >= 0.3 is 6.03 Å². The first-order valence-corrected chi connectivity index (χ1v) is 7.96. The maximum absolute atomic E-state index is 11.8. The molecular formula is C16H24N4O3. The number of H-pyrrole nitrogens is 1. The van der Waals surface area contributed by atoms with Gasteiger partial charge in [0.25, 0.3) is 5.56 Å². The van der Waals surface area contributed by atoms with Crippen LogP contribution in [-0.2, 0) is 11.3 Å². The number of urea groups is 1. The third-order valence-electron chi connectivity index (χ3n) is 3.98. The molecule has 0 unspecified atom stereocenters. The molecule has 1 aliphatic heterocycles. The second kappa shape index (κ2) is 7.80. The number of aromatic amines is 1. The van der Waals surface area contributed by atoms with Gasteiger partial charge in [0, 0.05) is 37.3 Å². The van der Waals surface area contributed by atoms with Crippen molar-refractivity contribution in [3.05, 3.63) is 33.2 Å². The van der Waals surface area contributed by atoms with Crippen LogP contribution in [0.25, 0.3) is 0 Å². The van der Waals surface area contributed by atoms with Crippen molar-refractivity contribution in [2.45, 2.75) is 39.7 Å². The van der Waals surface area contributed by atoms with Gasteiger partial charge in [-0.05, 0) is 38.3 Å². The molecule has 0 saturated carbocycles. The maximum Gasteiger partial charge on any atom is 0.315 e. The molecule has 0 bridgehead atoms. The van der Waals surface area contributed by atoms with E-state index in [1.165, 1.54) is 0 Å². The second-order valence-electron chi connectivity index (χ2n) is 5.89. The van der Waals surface area contributed by atoms with Crippen molar-refractivity contribution in [2.75, 3.05) is 19.6 Å². The van der Waals surface area contributed by atoms with Gasteiger partial charge in [-0.15, -0.1) is 0 Å². The average Bonchev–Trinajstić information content (AvgIpc) is 2.88. The van der Waals surface area contributed by atoms with Crippen LogP contribution in [0.5, 0.6) is 0 Å². The Morgan fingerprint density at radius 2 is 2.09 bits per heavy atom. The number of nitrogens with one attached hydrogen (secondary N) is 3. The van der Waals surface area contributed by atoms with Gasteiger partial charge in [-0.1, -0.05) is 0 Å². The van der Waals surface area contributed by atoms with Gasteiger partial charge in [0.2, 0.25) is 5.91 Å². The van der Waals surface area contributed by atoms with Crippen molar-refractivity contribution in [1.29, 1.82) is 0 Å². The van der Waals surface area contributed by atoms with Gasteiger partial charge < -0.3 is 20.5 Å². The van der Waals surface area contributed by atoms with E-state index >= 15 is 0 Å². The minimum Gasteiger partial charge on any atom is -0.343 e. The van der Waals surface area contributed by atoms with Crippen LogP contribution in [0.3, 0.4) is 0 Å². The minimum atomic E-state index is -0.308. The van der Waals surface area contributed by atoms with E-state index in [4.69, 9.17) is 0 Å². The summed E-state index contributed by atoms with van der Waals surface area (Å²) in [4.78, 5) is 39.6. The molecule has 1 fully saturated rings. The average molecular weight is 320 g/mol. The van der Waals surface area contributed by atoms with Crippen molar-refractivity contribution < 1.29 is 9.59 Å². The molecule has 7 nitrogen and oxygen atoms in total. The van der Waals surface area contributed by atoms with E-state index in [0.29, 0.717) is 25.1 Å². The third kappa shape index (κ3) is 4.84. The molecule has 1 saturated heterocycles. The fraction of sp³-hybridized carbons (Fsp3) is 0.562. The Morgan fingerprint density at radius 1 is 1.30 bits per heavy atom. The molecule has 0 aliphatic carbocycles. The largest absolute Gasteiger partial charge is 0.343 e. The molecule has 2 heterocycles. The Morgan fingerprint density at radius 3 is 2.74 bits per heavy atom. The lowest BCUT2D eigenvalue weighted by molar-refractivity contribution is -0.127. The van der Waals surface area contributed by atoms with Crippen LogP contribution in [0.1, 0.15) is 36.1 Å². The first kappa shape index (κ1) is 17.1. The van der Waals surface area contributed by atoms with Crippen LogP contribution in [0.15, 0.2) is 10.9 Å². The number of hydrogen-bond acceptors (Lipinski definition) is 3. The maximum atomic E-state index is 11.8. The molecule has 1 aliphatic rings. The molecule has 23 heavy (non-hydrogen) atoms. The predicted octanol–water partition coefficient (Wildman–Crippen LogP) is 0.803. The minimum absolute atomic E-state index is 0.171. The molecule has 0 atom stereocenters. The standard InChI is InChI=1S/C16H24N4O3/c1-11-9-12(2)19-15(22)13(11)10-18-16(23)17-6-4-8-20-7-3-5-14(20)21/h9H,3-8,10H2,1-2H3,(H,19,22)(H2,17,18,23). The summed E-state index contributed by atoms with van der Waals surface area (Å²) in [5.74, 6) is 0.198. The molecule has 0 radical (unpaired) electrons. The van der Waals surface area contributed by atoms with Crippen molar-refractivity contribution in [1.82, 2.24) is 20.5 Å². The lowest BCUT2D eigenvalue weighted by atomic mass is 10.1. The normalized spacial score (nSPS) is 14.2. The van der Waals surface area contributed by atoms with Gasteiger partial charge in [-0.3, -0.25) is 9.59 Å². The number of carbonyl (C=O) groups excluding carboxylic acids is 2. The number of pyridine rings is 1. The zero-order valence-corrected chi connectivity index (χ0v) is 13.7. The van der Waals surface area contributed by atoms with Crippen molar-refractivity contribution in [3.63, 3.8) is 0 Å². The molecule has 3 amide bonds. The van der Waals surface area contributed by atoms with Crippen molar-refractivity contribution in [3.8, 4) is 0 Å². The first-order chi connectivity index (χ1) is 11.0. The van der Waals surface area contributed by atoms with Gasteiger partial charge in [0.1, 0.15) is 0 Å². The van der Waals surface area contributed by atoms with Gasteiger partial charge in [-0.25, -0.2) is 4.79 Å². The smallest absolute Gasteiger partial charge is 0.315 e. The molecule has 0 aromatic carbocycles. The molecule has 1 aromatic rings. The first-order valence-electron chi connectivity index (χ1n) is 7.96. The zero-order valence-electron chi connectivity index (χ0n) is 13.7. The predicted molar refractivity (Wildman–Crippen MR) is 87.2 cm³/mol. The molecule has 0 spiro atoms. The lowest BCUT2D eigenvalue weighted by Gasteiger charge is -2.15. The Kier molecular flexibility index (Phi) is 5.78. The van der Waals surface area contributed by atoms with E-state index in [9.17, 15) is 14.4 Å². The van der Waals surface area contributed by atoms with Crippen LogP contribution >= 0.6 is 0 Å². The fourth-order valence-corrected chi connectivity index (χ4v) is 2.74. The number of nitrogens with zero attached hydrogens (tertiary/aromatic N) is 1. The molecule has 1 aromatic heterocycles. The third-order valence-corrected chi connectivity index (χ3v) is 3.98. The number of carbonyl (C=O) groups is 2. The van der Waals surface area contributed by atoms with Crippen LogP contribution < -0.4 is 16.2 Å². The summed E-state index contributed by atoms with van der Waals surface area (Å²) in [6.45, 7) is 5.86. The van der Waals surface area contributed by atoms with Crippen molar-refractivity contribution >= 4 is 11.9 Å². The molecule has 2 rings (SSSR count). The summed E-state index contributed by atoms with van der Waals surface area (Å²) in [5, 5.41) is 5.43. The van der Waals surface area contributed by atoms with E-state index in [2.05, 4.69) is 15.6 Å². The van der Waals surface area contributed by atoms with Gasteiger partial charge in [-0.2, -0.15) is 0 Å². The monoisotopic (exact) mass is 320 g/mol. The Hall–Kier alpha value is -2.31. The van der Waals surface area contributed by atoms with Gasteiger partial charge in [0.15, 0.2) is 0 Å². The Bertz CT molecular complexity index is 639. The highest BCUT2D eigenvalue weighted by Crippen LogP contribution is 2.09. The van der Waals surface area contributed by atoms with E-state index in [-0.39, 0.29) is 24.0 Å². The number of rotatable bonds is 6. The number of hydrogen-bond donors (Lipinski definition) is 3. The highest BCUT2D eigenvalue weighted by atomic mass is 16.2. The van der Waals surface area contributed by atoms with Crippen molar-refractivity contribution in [2.24, 2.45) is 0 Å². The summed E-state index contributed by atoms with van der Waals surface area (Å²) in [6.07, 6.45) is 2.29. The quantitative estimate of drug-likeness (QED) is 0.677. The van der Waals surface area contributed by atoms with Gasteiger partial charge in [0.05, 0.1) is 6.54 Å². The highest BCUT2D eigenvalue weighted by Gasteiger charge is 2.19. The molecule has 7 heteroatoms. The van der Waals surface area contributed by atoms with E-state index in [0.717, 1.165) is 30.6 Å². The summed E-state index contributed by atoms with van der Waals surface area (Å²) in [5.41, 5.74) is 2.06. The van der Waals surface area contributed by atoms with E-state index in [1.54, 1.807) is 0 Å². The van der Waals surface area contributed by atoms with Crippen LogP contribution in [0.4, 0.5) is 4.79 Å². The topological polar surface area (TPSA) is 94.3 Å². The number of aryl methyl sites for hydroxylation is 2. The fourth-order valence-electron chi connectivity index (χ4n) is 2.74. The van der Waals surface area contributed by atoms with Crippen LogP contribution in [0.2, 0.25) is 0 Å². The second-order valence-corrected chi connectivity index (χ2v) is 5.89. The van der Waals surface area contributed by atoms with Crippen LogP contribution in [-0.4, -0.2) is 41.5 Å². The number of aromatic nitrogens is 1. The lowest BCUT2D eigenvalue weighted by Crippen LogP contribution is -2.38. The SMILES string of the molecule is Cc1cc(C)c(CNC(=O)NCCCN2CCCC2=O)c(=O)[nH]1. The summed E-state index contributed by atoms with van der Waals surface area (Å²) < 4.78 is 0. The number of amides is 3. The highest BCUT2D eigenvalue weighted by molar-refractivity contribution is 5.78. The molecule has 3 N–H and O–H groups in total. The summed E-state index contributed by atoms with van der Waals surface area (Å²) in [6, 6.07) is 1.57. The summed E-state index contributed by atoms with van der Waals surface area (Å²) >= 11 is 0. The zero-order chi connectivity index (χ0) is 16.8. The molecular weight excluding hydrogens is 296 g/mol. The van der Waals surface area contributed by atoms with E-state index in [1.807, 2.05) is 24.8 Å². The number of likely N-dealkylation sites (tertiary alicyclic amines) is 1. The molecule has 126 valence electrons. The summed E-state index contributed by atoms with van der Waals surface area (Å²) in [7, 11) is 0. The Balaban J connectivity index is 1.69. The van der Waals surface area contributed by atoms with E-state index < -0.39 is 0 Å². The van der Waals surface area contributed by atoms with Crippen LogP contribution in [0, 0.1) is 13.8 Å².